The van der Waals surface area contributed by atoms with Crippen molar-refractivity contribution in [2.24, 2.45) is 0 Å². The zero-order valence-corrected chi connectivity index (χ0v) is 22.4. The molecule has 0 aliphatic carbocycles. The van der Waals surface area contributed by atoms with E-state index in [9.17, 15) is 9.18 Å². The lowest BCUT2D eigenvalue weighted by atomic mass is 10.0. The summed E-state index contributed by atoms with van der Waals surface area (Å²) in [6.07, 6.45) is 10.5. The average molecular weight is 535 g/mol. The molecule has 1 aromatic heterocycles. The molecular weight excluding hydrogens is 502 g/mol. The molecule has 194 valence electrons. The van der Waals surface area contributed by atoms with Crippen molar-refractivity contribution in [2.75, 3.05) is 26.2 Å². The Morgan fingerprint density at radius 2 is 2.08 bits per heavy atom. The van der Waals surface area contributed by atoms with Crippen LogP contribution in [0.4, 0.5) is 4.39 Å². The van der Waals surface area contributed by atoms with Gasteiger partial charge in [-0.3, -0.25) is 14.4 Å². The molecule has 3 rings (SSSR count). The summed E-state index contributed by atoms with van der Waals surface area (Å²) in [6.45, 7) is 12.3. The van der Waals surface area contributed by atoms with Gasteiger partial charge in [-0.1, -0.05) is 35.9 Å². The van der Waals surface area contributed by atoms with Crippen LogP contribution in [-0.2, 0) is 9.53 Å². The van der Waals surface area contributed by atoms with Gasteiger partial charge in [-0.2, -0.15) is 5.10 Å². The van der Waals surface area contributed by atoms with Crippen molar-refractivity contribution < 1.29 is 13.9 Å². The summed E-state index contributed by atoms with van der Waals surface area (Å²) in [7, 11) is 0. The number of hydrogen-bond acceptors (Lipinski definition) is 4. The van der Waals surface area contributed by atoms with Gasteiger partial charge in [0.25, 0.3) is 0 Å². The highest BCUT2D eigenvalue weighted by atomic mass is 35.5. The van der Waals surface area contributed by atoms with Crippen LogP contribution in [0.2, 0.25) is 10.0 Å². The van der Waals surface area contributed by atoms with E-state index in [-0.39, 0.29) is 17.0 Å². The second-order valence-electron chi connectivity index (χ2n) is 8.68. The minimum absolute atomic E-state index is 0.0447. The molecule has 1 unspecified atom stereocenters. The summed E-state index contributed by atoms with van der Waals surface area (Å²) >= 11 is 12.4. The third kappa shape index (κ3) is 6.99. The number of rotatable bonds is 10. The number of ether oxygens (including phenoxy) is 1. The summed E-state index contributed by atoms with van der Waals surface area (Å²) < 4.78 is 22.0. The molecule has 2 aromatic rings. The molecule has 0 radical (unpaired) electrons. The molecule has 0 saturated carbocycles. The van der Waals surface area contributed by atoms with E-state index < -0.39 is 11.9 Å². The number of nitrogens with zero attached hydrogens (tertiary/aromatic N) is 3. The van der Waals surface area contributed by atoms with Gasteiger partial charge in [-0.25, -0.2) is 4.39 Å². The predicted octanol–water partition coefficient (Wildman–Crippen LogP) is 6.35. The Morgan fingerprint density at radius 1 is 1.36 bits per heavy atom. The number of allylic oxidation sites excluding steroid dienone is 4. The third-order valence-electron chi connectivity index (χ3n) is 6.21. The molecule has 36 heavy (non-hydrogen) atoms. The number of piperidine rings is 1. The zero-order valence-electron chi connectivity index (χ0n) is 20.9. The molecule has 1 fully saturated rings. The van der Waals surface area contributed by atoms with Crippen LogP contribution in [-0.4, -0.2) is 46.8 Å². The van der Waals surface area contributed by atoms with Gasteiger partial charge < -0.3 is 10.1 Å². The zero-order chi connectivity index (χ0) is 26.2. The van der Waals surface area contributed by atoms with Gasteiger partial charge in [0.2, 0.25) is 5.91 Å². The van der Waals surface area contributed by atoms with E-state index in [1.807, 2.05) is 43.1 Å². The van der Waals surface area contributed by atoms with E-state index in [2.05, 4.69) is 21.9 Å². The highest BCUT2D eigenvalue weighted by Crippen LogP contribution is 2.35. The number of likely N-dealkylation sites (N-methyl/N-ethyl adjacent to an activating group) is 1. The Bertz CT molecular complexity index is 1140. The number of aromatic nitrogens is 2. The maximum atomic E-state index is 14.0. The molecule has 1 N–H and O–H groups in total. The number of halogens is 3. The van der Waals surface area contributed by atoms with E-state index >= 15 is 0 Å². The van der Waals surface area contributed by atoms with Gasteiger partial charge in [-0.15, -0.1) is 0 Å². The van der Waals surface area contributed by atoms with Crippen molar-refractivity contribution >= 4 is 34.7 Å². The molecule has 1 saturated heterocycles. The number of amides is 1. The summed E-state index contributed by atoms with van der Waals surface area (Å²) in [4.78, 5) is 14.0. The fourth-order valence-corrected chi connectivity index (χ4v) is 4.94. The van der Waals surface area contributed by atoms with Crippen LogP contribution in [0.3, 0.4) is 0 Å². The topological polar surface area (TPSA) is 59.4 Å². The average Bonchev–Trinajstić information content (AvgIpc) is 3.35. The number of carbonyl (C=O) groups excluding carboxylic acids is 1. The molecule has 2 heterocycles. The van der Waals surface area contributed by atoms with Gasteiger partial charge in [-0.05, 0) is 63.5 Å². The van der Waals surface area contributed by atoms with Crippen LogP contribution in [0.1, 0.15) is 56.9 Å². The maximum absolute atomic E-state index is 14.0. The number of carbonyl (C=O) groups is 1. The van der Waals surface area contributed by atoms with E-state index in [0.29, 0.717) is 29.4 Å². The molecule has 1 aromatic carbocycles. The smallest absolute Gasteiger partial charge is 0.234 e. The summed E-state index contributed by atoms with van der Waals surface area (Å²) in [5.74, 6) is 0.0925. The second kappa shape index (κ2) is 13.1. The van der Waals surface area contributed by atoms with Crippen LogP contribution in [0.25, 0.3) is 5.57 Å². The Morgan fingerprint density at radius 3 is 2.72 bits per heavy atom. The molecule has 1 amide bonds. The molecule has 1 aliphatic rings. The van der Waals surface area contributed by atoms with Crippen LogP contribution >= 0.6 is 23.2 Å². The van der Waals surface area contributed by atoms with Gasteiger partial charge in [0.15, 0.2) is 0 Å². The van der Waals surface area contributed by atoms with E-state index in [0.717, 1.165) is 37.1 Å². The number of benzene rings is 1. The standard InChI is InChI=1S/C27H33Cl2FN4O2/c1-5-19(14-22(6-2)36-18(4)26-23(28)8-9-24(30)27(26)29)20-15-32-34(16-20)21-10-12-33(13-11-21)17-25(35)31-7-3/h5-6,8-9,14-16,18,21H,1,7,10-13,17H2,2-4H3,(H,31,35)/b19-14+,22-6+. The lowest BCUT2D eigenvalue weighted by molar-refractivity contribution is -0.122. The van der Waals surface area contributed by atoms with Crippen molar-refractivity contribution in [2.45, 2.75) is 45.8 Å². The van der Waals surface area contributed by atoms with Gasteiger partial charge in [0, 0.05) is 42.0 Å². The first-order valence-electron chi connectivity index (χ1n) is 12.1. The molecule has 0 spiro atoms. The molecule has 6 nitrogen and oxygen atoms in total. The normalized spacial score (nSPS) is 16.6. The minimum Gasteiger partial charge on any atom is -0.486 e. The SMILES string of the molecule is C=C/C(=C\C(=C/C)OC(C)c1c(Cl)ccc(F)c1Cl)c1cnn(C2CCN(CC(=O)NCC)CC2)c1. The van der Waals surface area contributed by atoms with E-state index in [4.69, 9.17) is 27.9 Å². The first kappa shape index (κ1) is 28.0. The molecule has 1 aliphatic heterocycles. The van der Waals surface area contributed by atoms with E-state index in [1.54, 1.807) is 13.0 Å². The predicted molar refractivity (Wildman–Crippen MR) is 143 cm³/mol. The van der Waals surface area contributed by atoms with Crippen LogP contribution in [0, 0.1) is 5.82 Å². The van der Waals surface area contributed by atoms with Crippen molar-refractivity contribution in [3.05, 3.63) is 82.1 Å². The van der Waals surface area contributed by atoms with Crippen LogP contribution in [0.5, 0.6) is 0 Å². The third-order valence-corrected chi connectivity index (χ3v) is 6.92. The first-order chi connectivity index (χ1) is 17.3. The maximum Gasteiger partial charge on any atom is 0.234 e. The number of nitrogens with one attached hydrogen (secondary N) is 1. The fourth-order valence-electron chi connectivity index (χ4n) is 4.26. The monoisotopic (exact) mass is 534 g/mol. The Kier molecular flexibility index (Phi) is 10.2. The Balaban J connectivity index is 1.68. The van der Waals surface area contributed by atoms with Crippen molar-refractivity contribution in [3.8, 4) is 0 Å². The Hall–Kier alpha value is -2.61. The highest BCUT2D eigenvalue weighted by Gasteiger charge is 2.23. The van der Waals surface area contributed by atoms with Crippen LogP contribution in [0.15, 0.2) is 55.1 Å². The minimum atomic E-state index is -0.568. The molecule has 1 atom stereocenters. The first-order valence-corrected chi connectivity index (χ1v) is 12.9. The van der Waals surface area contributed by atoms with Crippen LogP contribution < -0.4 is 5.32 Å². The van der Waals surface area contributed by atoms with Gasteiger partial charge in [0.05, 0.1) is 23.8 Å². The lowest BCUT2D eigenvalue weighted by Crippen LogP contribution is -2.41. The quantitative estimate of drug-likeness (QED) is 0.219. The summed E-state index contributed by atoms with van der Waals surface area (Å²) in [5.41, 5.74) is 2.15. The molecule has 9 heteroatoms. The Labute approximate surface area is 222 Å². The highest BCUT2D eigenvalue weighted by molar-refractivity contribution is 6.36. The largest absolute Gasteiger partial charge is 0.486 e. The van der Waals surface area contributed by atoms with Gasteiger partial charge >= 0.3 is 0 Å². The van der Waals surface area contributed by atoms with Gasteiger partial charge in [0.1, 0.15) is 17.7 Å². The van der Waals surface area contributed by atoms with Crippen molar-refractivity contribution in [1.82, 2.24) is 20.0 Å². The summed E-state index contributed by atoms with van der Waals surface area (Å²) in [6, 6.07) is 2.97. The molecular formula is C27H33Cl2FN4O2. The lowest BCUT2D eigenvalue weighted by Gasteiger charge is -2.31. The summed E-state index contributed by atoms with van der Waals surface area (Å²) in [5, 5.41) is 7.74. The second-order valence-corrected chi connectivity index (χ2v) is 9.47. The molecule has 0 bridgehead atoms. The fraction of sp³-hybridized carbons (Fsp3) is 0.407. The van der Waals surface area contributed by atoms with E-state index in [1.165, 1.54) is 12.1 Å². The number of hydrogen-bond donors (Lipinski definition) is 1. The van der Waals surface area contributed by atoms with Crippen molar-refractivity contribution in [1.29, 1.82) is 0 Å². The number of likely N-dealkylation sites (tertiary alicyclic amines) is 1. The van der Waals surface area contributed by atoms with Crippen molar-refractivity contribution in [3.63, 3.8) is 0 Å².